The fourth-order valence-electron chi connectivity index (χ4n) is 19.5. The third-order valence-electron chi connectivity index (χ3n) is 25.7. The van der Waals surface area contributed by atoms with Crippen LogP contribution in [0.4, 0.5) is 74.1 Å². The first-order valence-electron chi connectivity index (χ1n) is 45.2. The Hall–Kier alpha value is -14.4. The summed E-state index contributed by atoms with van der Waals surface area (Å²) < 4.78 is 190. The number of carbonyl (C=O) groups is 3. The van der Waals surface area contributed by atoms with Gasteiger partial charge in [0.05, 0.1) is 99.5 Å². The normalized spacial score (nSPS) is 16.6. The second kappa shape index (κ2) is 41.9. The maximum Gasteiger partial charge on any atom is 0.422 e. The number of phenols is 3. The zero-order valence-corrected chi connectivity index (χ0v) is 84.9. The Morgan fingerprint density at radius 3 is 0.884 bits per heavy atom. The molecule has 768 valence electrons. The molecular weight excluding hydrogens is 2050 g/mol. The maximum atomic E-state index is 15.6. The first-order valence-corrected chi connectivity index (χ1v) is 47.1. The molecule has 0 radical (unpaired) electrons. The van der Waals surface area contributed by atoms with Gasteiger partial charge in [0.2, 0.25) is 29.4 Å². The molecule has 27 nitrogen and oxygen atoms in total. The van der Waals surface area contributed by atoms with E-state index in [0.717, 1.165) is 33.4 Å². The van der Waals surface area contributed by atoms with Crippen LogP contribution in [0.15, 0.2) is 107 Å². The standard InChI is InChI=1S/C34H32Cl3FN6O3.2C34H29ClF6N6O3/c1-8-23(45)43-17(5)13-42(14-18(43)6)31-20-11-22(35)29(24-19(7)25(36)27(38)26(37)32(24)46)41-33(20)44(34(47)21(31)12-39)30-16(4)9-10-40-28(30)15(2)3;2*1-7-21(48)46-16(5)12-45(13-17(46)6)30-18-10-20(35)28(22-24(36)23(34(39,40)41)25(37)26(38)31(22)49)44-32(18)47(33(50)19(30)11-42)29-15(4)8-9-43-27(29)14(2)3/h8-11,15,17-18,46H,1,13-14H2,2-7H3;2*7-10,14,16-17,49H,1,12-13H2,2-6H3/t17-,18+;2*16-,17+. The Balaban J connectivity index is 0.000000184. The van der Waals surface area contributed by atoms with Gasteiger partial charge in [0.1, 0.15) is 73.7 Å². The van der Waals surface area contributed by atoms with Gasteiger partial charge in [0.15, 0.2) is 40.6 Å². The van der Waals surface area contributed by atoms with Crippen molar-refractivity contribution < 1.29 is 86.8 Å². The number of amides is 3. The molecule has 15 rings (SSSR count). The average Bonchev–Trinajstić information content (AvgIpc) is 0.723. The van der Waals surface area contributed by atoms with Gasteiger partial charge in [0, 0.05) is 116 Å². The number of phenolic OH excluding ortho intramolecular Hbond substituents is 3. The molecule has 3 fully saturated rings. The van der Waals surface area contributed by atoms with Crippen LogP contribution in [0.1, 0.15) is 168 Å². The number of hydrogen-bond acceptors (Lipinski definition) is 21. The van der Waals surface area contributed by atoms with E-state index in [2.05, 4.69) is 50.7 Å². The predicted octanol–water partition coefficient (Wildman–Crippen LogP) is 21.8. The Labute approximate surface area is 856 Å². The van der Waals surface area contributed by atoms with Crippen molar-refractivity contribution in [3.05, 3.63) is 257 Å². The number of carbonyl (C=O) groups excluding carboxylic acids is 3. The molecule has 3 aliphatic heterocycles. The van der Waals surface area contributed by atoms with E-state index < -0.39 is 160 Å². The lowest BCUT2D eigenvalue weighted by atomic mass is 10.00. The van der Waals surface area contributed by atoms with Gasteiger partial charge in [-0.15, -0.1) is 0 Å². The van der Waals surface area contributed by atoms with E-state index in [-0.39, 0.29) is 168 Å². The van der Waals surface area contributed by atoms with Crippen molar-refractivity contribution >= 4 is 126 Å². The number of nitriles is 3. The van der Waals surface area contributed by atoms with Crippen molar-refractivity contribution in [1.82, 2.24) is 58.3 Å². The summed E-state index contributed by atoms with van der Waals surface area (Å²) in [6, 6.07) is 12.2. The van der Waals surface area contributed by atoms with Crippen molar-refractivity contribution in [3.8, 4) is 86.3 Å². The SMILES string of the molecule is C=CC(=O)N1[C@H](C)CN(c2c(C#N)c(=O)n(-c3c(C)ccnc3C(C)C)c3nc(-c4c(C)c(Cl)c(F)c(Cl)c4O)c(Cl)cc23)C[C@@H]1C.C=CC(=O)N1[C@H](C)CN(c2c(C#N)c(=O)n(-c3c(C)ccnc3C(C)C)c3nc(-c4c(O)c(F)c(F)c(C(F)(F)F)c4F)c(Cl)cc23)C[C@@H]1C.C=CC(=O)N1[C@H](C)CN(c2c(C#N)c(=O)n(-c3c(C)ccnc3C(C)C)c3nc(-c4c(O)c(F)c(F)c(C(F)(F)F)c4F)c(Cl)cc23)C[C@@H]1C. The average molecular weight is 2140 g/mol. The van der Waals surface area contributed by atoms with Gasteiger partial charge < -0.3 is 44.7 Å². The van der Waals surface area contributed by atoms with Crippen LogP contribution in [0.2, 0.25) is 25.1 Å². The van der Waals surface area contributed by atoms with Gasteiger partial charge in [-0.3, -0.25) is 57.4 Å². The fraction of sp³-hybridized carbons (Fsp3) is 0.324. The third kappa shape index (κ3) is 19.2. The molecule has 9 aromatic heterocycles. The van der Waals surface area contributed by atoms with Crippen LogP contribution in [0.25, 0.3) is 83.9 Å². The van der Waals surface area contributed by atoms with Crippen LogP contribution in [0, 0.1) is 102 Å². The van der Waals surface area contributed by atoms with Crippen LogP contribution in [0.5, 0.6) is 17.2 Å². The number of aromatic hydroxyl groups is 3. The number of nitrogens with zero attached hydrogens (tertiary/aromatic N) is 18. The summed E-state index contributed by atoms with van der Waals surface area (Å²) in [5.41, 5.74) is -10.1. The molecule has 0 aliphatic carbocycles. The second-order valence-corrected chi connectivity index (χ2v) is 38.5. The summed E-state index contributed by atoms with van der Waals surface area (Å²) in [7, 11) is 0. The minimum absolute atomic E-state index is 0.00227. The largest absolute Gasteiger partial charge is 0.506 e. The van der Waals surface area contributed by atoms with Crippen LogP contribution in [0.3, 0.4) is 0 Å². The molecule has 12 aromatic rings. The monoisotopic (exact) mass is 2130 g/mol. The van der Waals surface area contributed by atoms with Crippen LogP contribution in [-0.4, -0.2) is 167 Å². The van der Waals surface area contributed by atoms with Gasteiger partial charge in [-0.25, -0.2) is 36.9 Å². The van der Waals surface area contributed by atoms with Gasteiger partial charge in [-0.2, -0.15) is 50.9 Å². The quantitative estimate of drug-likeness (QED) is 0.0371. The highest BCUT2D eigenvalue weighted by molar-refractivity contribution is 6.38. The van der Waals surface area contributed by atoms with E-state index in [1.807, 2.05) is 51.7 Å². The first kappa shape index (κ1) is 110. The van der Waals surface area contributed by atoms with Crippen molar-refractivity contribution in [2.75, 3.05) is 54.0 Å². The van der Waals surface area contributed by atoms with E-state index in [9.17, 15) is 108 Å². The zero-order chi connectivity index (χ0) is 109. The molecule has 6 atom stereocenters. The van der Waals surface area contributed by atoms with Crippen LogP contribution < -0.4 is 31.4 Å². The lowest BCUT2D eigenvalue weighted by Crippen LogP contribution is -2.58. The molecule has 0 saturated carbocycles. The number of aromatic nitrogens is 9. The Bertz CT molecular complexity index is 7560. The molecule has 3 amide bonds. The number of pyridine rings is 9. The number of fused-ring (bicyclic) bond motifs is 3. The lowest BCUT2D eigenvalue weighted by molar-refractivity contribution is -0.143. The van der Waals surface area contributed by atoms with Gasteiger partial charge in [-0.1, -0.05) is 119 Å². The highest BCUT2D eigenvalue weighted by atomic mass is 35.5. The number of piperazine rings is 3. The first-order chi connectivity index (χ1) is 68.9. The van der Waals surface area contributed by atoms with Crippen molar-refractivity contribution in [1.29, 1.82) is 15.8 Å². The molecule has 12 heterocycles. The van der Waals surface area contributed by atoms with Crippen molar-refractivity contribution in [2.45, 2.75) is 177 Å². The predicted molar refractivity (Wildman–Crippen MR) is 531 cm³/mol. The summed E-state index contributed by atoms with van der Waals surface area (Å²) >= 11 is 32.4. The van der Waals surface area contributed by atoms with Gasteiger partial charge in [0.25, 0.3) is 16.7 Å². The Kier molecular flexibility index (Phi) is 31.3. The highest BCUT2D eigenvalue weighted by Gasteiger charge is 2.48. The topological polar surface area (TPSA) is 346 Å². The number of hydrogen-bond donors (Lipinski definition) is 3. The van der Waals surface area contributed by atoms with Crippen LogP contribution in [-0.2, 0) is 26.7 Å². The number of halogens is 18. The molecular formula is C102H90Cl5F13N18O9. The molecule has 0 bridgehead atoms. The van der Waals surface area contributed by atoms with Gasteiger partial charge in [-0.05, 0) is 164 Å². The smallest absolute Gasteiger partial charge is 0.422 e. The fourth-order valence-corrected chi connectivity index (χ4v) is 20.7. The lowest BCUT2D eigenvalue weighted by Gasteiger charge is -2.45. The maximum absolute atomic E-state index is 15.6. The molecule has 3 saturated heterocycles. The second-order valence-electron chi connectivity index (χ2n) is 36.6. The number of anilines is 3. The molecule has 0 unspecified atom stereocenters. The van der Waals surface area contributed by atoms with E-state index in [0.29, 0.717) is 63.6 Å². The zero-order valence-electron chi connectivity index (χ0n) is 81.1. The van der Waals surface area contributed by atoms with E-state index in [4.69, 9.17) is 63.0 Å². The summed E-state index contributed by atoms with van der Waals surface area (Å²) in [6.07, 6.45) is -3.28. The van der Waals surface area contributed by atoms with Crippen molar-refractivity contribution in [3.63, 3.8) is 0 Å². The minimum Gasteiger partial charge on any atom is -0.506 e. The molecule has 147 heavy (non-hydrogen) atoms. The molecule has 3 aliphatic rings. The highest BCUT2D eigenvalue weighted by Crippen LogP contribution is 2.52. The van der Waals surface area contributed by atoms with E-state index in [1.165, 1.54) is 30.0 Å². The minimum atomic E-state index is -5.74. The van der Waals surface area contributed by atoms with E-state index >= 15 is 8.78 Å². The molecule has 45 heteroatoms. The molecule has 3 N–H and O–H groups in total. The summed E-state index contributed by atoms with van der Waals surface area (Å²) in [6.45, 7) is 39.9. The number of benzene rings is 3. The van der Waals surface area contributed by atoms with Crippen LogP contribution >= 0.6 is 58.0 Å². The van der Waals surface area contributed by atoms with Gasteiger partial charge >= 0.3 is 12.4 Å². The third-order valence-corrected chi connectivity index (χ3v) is 27.4. The van der Waals surface area contributed by atoms with Crippen molar-refractivity contribution in [2.24, 2.45) is 0 Å². The Morgan fingerprint density at radius 2 is 0.653 bits per heavy atom. The number of rotatable bonds is 15. The number of aryl methyl sites for hydroxylation is 3. The summed E-state index contributed by atoms with van der Waals surface area (Å²) in [5.74, 6) is -21.9. The Morgan fingerprint density at radius 1 is 0.401 bits per heavy atom. The van der Waals surface area contributed by atoms with E-state index in [1.54, 1.807) is 124 Å². The molecule has 3 aromatic carbocycles. The number of alkyl halides is 6. The summed E-state index contributed by atoms with van der Waals surface area (Å²) in [5, 5.41) is 61.7. The summed E-state index contributed by atoms with van der Waals surface area (Å²) in [4.78, 5) is 118. The molecule has 0 spiro atoms.